The average Bonchev–Trinajstić information content (AvgIpc) is 2.64. The summed E-state index contributed by atoms with van der Waals surface area (Å²) in [6.07, 6.45) is 3.77. The van der Waals surface area contributed by atoms with E-state index in [1.165, 1.54) is 24.3 Å². The molecule has 0 radical (unpaired) electrons. The number of nitrogens with one attached hydrogen (secondary N) is 2. The van der Waals surface area contributed by atoms with E-state index in [1.807, 2.05) is 12.4 Å². The number of piperidine rings is 1. The lowest BCUT2D eigenvalue weighted by Crippen LogP contribution is -2.21. The molecule has 1 aliphatic carbocycles. The average molecular weight is 189 g/mol. The van der Waals surface area contributed by atoms with Crippen LogP contribution in [-0.2, 0) is 0 Å². The van der Waals surface area contributed by atoms with E-state index in [0.29, 0.717) is 6.04 Å². The lowest BCUT2D eigenvalue weighted by Gasteiger charge is -2.10. The summed E-state index contributed by atoms with van der Waals surface area (Å²) < 4.78 is 0. The first kappa shape index (κ1) is 8.24. The summed E-state index contributed by atoms with van der Waals surface area (Å²) in [6.45, 7) is 4.48. The molecule has 14 heavy (non-hydrogen) atoms. The Morgan fingerprint density at radius 2 is 2.21 bits per heavy atom. The topological polar surface area (TPSA) is 37.0 Å². The van der Waals surface area contributed by atoms with Gasteiger partial charge in [-0.25, -0.2) is 0 Å². The van der Waals surface area contributed by atoms with E-state index in [9.17, 15) is 0 Å². The summed E-state index contributed by atoms with van der Waals surface area (Å²) in [5, 5.41) is 7.01. The van der Waals surface area contributed by atoms with Crippen molar-refractivity contribution in [3.8, 4) is 0 Å². The molecular formula is C11H15N3. The second kappa shape index (κ2) is 2.95. The largest absolute Gasteiger partial charge is 0.381 e. The van der Waals surface area contributed by atoms with Gasteiger partial charge in [-0.2, -0.15) is 0 Å². The van der Waals surface area contributed by atoms with E-state index < -0.39 is 0 Å². The lowest BCUT2D eigenvalue weighted by molar-refractivity contribution is 0.696. The Hall–Kier alpha value is -1.09. The van der Waals surface area contributed by atoms with Gasteiger partial charge < -0.3 is 10.6 Å². The molecule has 1 saturated carbocycles. The number of anilines is 1. The fraction of sp³-hybridized carbons (Fsp3) is 0.545. The first-order chi connectivity index (χ1) is 6.86. The van der Waals surface area contributed by atoms with Crippen LogP contribution >= 0.6 is 0 Å². The summed E-state index contributed by atoms with van der Waals surface area (Å²) in [5.74, 6) is 1.73. The second-order valence-corrected chi connectivity index (χ2v) is 4.35. The van der Waals surface area contributed by atoms with Crippen molar-refractivity contribution in [2.45, 2.75) is 13.0 Å². The van der Waals surface area contributed by atoms with Gasteiger partial charge >= 0.3 is 0 Å². The predicted octanol–water partition coefficient (Wildman–Crippen LogP) is 1.02. The fourth-order valence-corrected chi connectivity index (χ4v) is 2.45. The minimum atomic E-state index is 0.706. The van der Waals surface area contributed by atoms with Gasteiger partial charge in [-0.15, -0.1) is 0 Å². The van der Waals surface area contributed by atoms with Gasteiger partial charge in [-0.3, -0.25) is 4.98 Å². The highest BCUT2D eigenvalue weighted by atomic mass is 15.1. The van der Waals surface area contributed by atoms with Crippen LogP contribution in [0, 0.1) is 18.8 Å². The Labute approximate surface area is 83.9 Å². The quantitative estimate of drug-likeness (QED) is 0.729. The Kier molecular flexibility index (Phi) is 1.74. The number of nitrogens with zero attached hydrogens (tertiary/aromatic N) is 1. The van der Waals surface area contributed by atoms with Crippen LogP contribution < -0.4 is 10.6 Å². The third-order valence-electron chi connectivity index (χ3n) is 3.43. The van der Waals surface area contributed by atoms with Crippen molar-refractivity contribution in [2.24, 2.45) is 11.8 Å². The molecule has 3 heteroatoms. The van der Waals surface area contributed by atoms with Gasteiger partial charge in [-0.05, 0) is 30.4 Å². The normalized spacial score (nSPS) is 33.9. The van der Waals surface area contributed by atoms with Crippen LogP contribution in [0.15, 0.2) is 18.5 Å². The number of fused-ring (bicyclic) bond motifs is 1. The SMILES string of the molecule is Cc1cnccc1NC1C2CNCC21. The van der Waals surface area contributed by atoms with Crippen LogP contribution in [0.2, 0.25) is 0 Å². The van der Waals surface area contributed by atoms with E-state index in [0.717, 1.165) is 11.8 Å². The molecule has 2 unspecified atom stereocenters. The number of hydrogen-bond donors (Lipinski definition) is 2. The third-order valence-corrected chi connectivity index (χ3v) is 3.43. The maximum absolute atomic E-state index is 4.09. The maximum atomic E-state index is 4.09. The maximum Gasteiger partial charge on any atom is 0.0403 e. The molecule has 2 heterocycles. The van der Waals surface area contributed by atoms with Crippen molar-refractivity contribution in [3.63, 3.8) is 0 Å². The zero-order valence-corrected chi connectivity index (χ0v) is 8.33. The summed E-state index contributed by atoms with van der Waals surface area (Å²) >= 11 is 0. The fourth-order valence-electron chi connectivity index (χ4n) is 2.45. The number of rotatable bonds is 2. The number of aromatic nitrogens is 1. The van der Waals surface area contributed by atoms with E-state index >= 15 is 0 Å². The molecule has 1 aromatic heterocycles. The molecule has 2 atom stereocenters. The monoisotopic (exact) mass is 189 g/mol. The van der Waals surface area contributed by atoms with Crippen molar-refractivity contribution in [1.29, 1.82) is 0 Å². The zero-order chi connectivity index (χ0) is 9.54. The van der Waals surface area contributed by atoms with E-state index in [-0.39, 0.29) is 0 Å². The van der Waals surface area contributed by atoms with Crippen LogP contribution in [0.4, 0.5) is 5.69 Å². The molecule has 2 aliphatic rings. The smallest absolute Gasteiger partial charge is 0.0403 e. The van der Waals surface area contributed by atoms with E-state index in [2.05, 4.69) is 28.6 Å². The molecule has 74 valence electrons. The van der Waals surface area contributed by atoms with Crippen molar-refractivity contribution in [2.75, 3.05) is 18.4 Å². The van der Waals surface area contributed by atoms with E-state index in [4.69, 9.17) is 0 Å². The van der Waals surface area contributed by atoms with Crippen molar-refractivity contribution in [1.82, 2.24) is 10.3 Å². The minimum absolute atomic E-state index is 0.706. The van der Waals surface area contributed by atoms with Crippen LogP contribution in [0.3, 0.4) is 0 Å². The summed E-state index contributed by atoms with van der Waals surface area (Å²) in [4.78, 5) is 4.09. The van der Waals surface area contributed by atoms with Crippen molar-refractivity contribution in [3.05, 3.63) is 24.0 Å². The highest BCUT2D eigenvalue weighted by Gasteiger charge is 2.52. The minimum Gasteiger partial charge on any atom is -0.381 e. The highest BCUT2D eigenvalue weighted by molar-refractivity contribution is 5.51. The van der Waals surface area contributed by atoms with Gasteiger partial charge in [0.05, 0.1) is 0 Å². The third kappa shape index (κ3) is 1.20. The predicted molar refractivity (Wildman–Crippen MR) is 56.2 cm³/mol. The molecule has 1 saturated heterocycles. The molecule has 3 nitrogen and oxygen atoms in total. The Bertz CT molecular complexity index is 340. The van der Waals surface area contributed by atoms with Crippen LogP contribution in [-0.4, -0.2) is 24.1 Å². The van der Waals surface area contributed by atoms with Crippen LogP contribution in [0.5, 0.6) is 0 Å². The van der Waals surface area contributed by atoms with Gasteiger partial charge in [-0.1, -0.05) is 0 Å². The second-order valence-electron chi connectivity index (χ2n) is 4.35. The van der Waals surface area contributed by atoms with E-state index in [1.54, 1.807) is 0 Å². The first-order valence-electron chi connectivity index (χ1n) is 5.24. The summed E-state index contributed by atoms with van der Waals surface area (Å²) in [5.41, 5.74) is 2.49. The molecule has 0 aromatic carbocycles. The molecule has 2 fully saturated rings. The first-order valence-corrected chi connectivity index (χ1v) is 5.24. The molecule has 0 spiro atoms. The lowest BCUT2D eigenvalue weighted by atomic mass is 10.2. The molecule has 2 N–H and O–H groups in total. The summed E-state index contributed by atoms with van der Waals surface area (Å²) in [7, 11) is 0. The summed E-state index contributed by atoms with van der Waals surface area (Å²) in [6, 6.07) is 2.77. The molecule has 0 bridgehead atoms. The Balaban J connectivity index is 1.71. The highest BCUT2D eigenvalue weighted by Crippen LogP contribution is 2.43. The van der Waals surface area contributed by atoms with Crippen molar-refractivity contribution >= 4 is 5.69 Å². The molecule has 1 aromatic rings. The van der Waals surface area contributed by atoms with Gasteiger partial charge in [0.1, 0.15) is 0 Å². The standard InChI is InChI=1S/C11H15N3/c1-7-4-12-3-2-10(7)14-11-8-5-13-6-9(8)11/h2-4,8-9,11,13H,5-6H2,1H3,(H,12,14). The Morgan fingerprint density at radius 3 is 2.93 bits per heavy atom. The van der Waals surface area contributed by atoms with Gasteiger partial charge in [0.2, 0.25) is 0 Å². The molecule has 3 rings (SSSR count). The number of pyridine rings is 1. The van der Waals surface area contributed by atoms with Crippen LogP contribution in [0.25, 0.3) is 0 Å². The van der Waals surface area contributed by atoms with Gasteiger partial charge in [0.15, 0.2) is 0 Å². The van der Waals surface area contributed by atoms with Gasteiger partial charge in [0, 0.05) is 37.2 Å². The van der Waals surface area contributed by atoms with Crippen LogP contribution in [0.1, 0.15) is 5.56 Å². The van der Waals surface area contributed by atoms with Crippen molar-refractivity contribution < 1.29 is 0 Å². The number of hydrogen-bond acceptors (Lipinski definition) is 3. The molecular weight excluding hydrogens is 174 g/mol. The Morgan fingerprint density at radius 1 is 1.43 bits per heavy atom. The zero-order valence-electron chi connectivity index (χ0n) is 8.33. The molecule has 0 amide bonds. The van der Waals surface area contributed by atoms with Gasteiger partial charge in [0.25, 0.3) is 0 Å². The molecule has 1 aliphatic heterocycles. The number of aryl methyl sites for hydroxylation is 1.